The molecule has 2 fully saturated rings. The molecule has 0 spiro atoms. The first-order valence-electron chi connectivity index (χ1n) is 7.08. The molecule has 21 heavy (non-hydrogen) atoms. The van der Waals surface area contributed by atoms with E-state index in [1.165, 1.54) is 0 Å². The van der Waals surface area contributed by atoms with Crippen LogP contribution in [0, 0.1) is 11.8 Å². The molecule has 0 aromatic carbocycles. The van der Waals surface area contributed by atoms with Crippen molar-refractivity contribution in [3.05, 3.63) is 5.32 Å². The highest BCUT2D eigenvalue weighted by atomic mass is 19.4. The van der Waals surface area contributed by atoms with Gasteiger partial charge in [-0.05, 0) is 12.8 Å². The molecule has 1 N–H and O–H groups in total. The maximum Gasteiger partial charge on any atom is 0.426 e. The van der Waals surface area contributed by atoms with E-state index >= 15 is 0 Å². The average molecular weight is 318 g/mol. The molecule has 0 atom stereocenters. The first-order chi connectivity index (χ1) is 9.55. The summed E-state index contributed by atoms with van der Waals surface area (Å²) in [5, 5.41) is 13.7. The molecule has 0 saturated heterocycles. The van der Waals surface area contributed by atoms with Gasteiger partial charge < -0.3 is 10.4 Å². The Bertz CT molecular complexity index is 341. The second-order valence-electron chi connectivity index (χ2n) is 6.08. The lowest BCUT2D eigenvalue weighted by molar-refractivity contribution is -0.387. The zero-order valence-corrected chi connectivity index (χ0v) is 11.3. The van der Waals surface area contributed by atoms with Gasteiger partial charge in [-0.1, -0.05) is 31.6 Å². The quantitative estimate of drug-likeness (QED) is 0.775. The second-order valence-corrected chi connectivity index (χ2v) is 6.08. The molecule has 2 nitrogen and oxygen atoms in total. The van der Waals surface area contributed by atoms with Gasteiger partial charge in [0, 0.05) is 5.92 Å². The number of hydrogen-bond donors (Lipinski definition) is 1. The number of nitrogens with zero attached hydrogens (tertiary/aromatic N) is 1. The van der Waals surface area contributed by atoms with E-state index in [1.54, 1.807) is 0 Å². The van der Waals surface area contributed by atoms with Crippen LogP contribution >= 0.6 is 0 Å². The minimum Gasteiger partial charge on any atom is -0.659 e. The number of alkyl halides is 6. The van der Waals surface area contributed by atoms with Gasteiger partial charge in [-0.15, -0.1) is 12.6 Å². The van der Waals surface area contributed by atoms with Crippen molar-refractivity contribution in [2.75, 3.05) is 6.54 Å². The van der Waals surface area contributed by atoms with Crippen LogP contribution in [-0.4, -0.2) is 35.6 Å². The third kappa shape index (κ3) is 3.47. The van der Waals surface area contributed by atoms with Gasteiger partial charge in [0.1, 0.15) is 0 Å². The standard InChI is InChI=1S/C13H18F6NO/c14-12(15,16)11(21,13(17,18)19)9-3-5-10(6-4-9)20-7-8-1-2-8/h8-10,21H,1-7H2/q-1. The molecule has 2 rings (SSSR count). The van der Waals surface area contributed by atoms with Gasteiger partial charge >= 0.3 is 12.4 Å². The maximum atomic E-state index is 12.8. The Morgan fingerprint density at radius 3 is 1.67 bits per heavy atom. The molecule has 0 aromatic rings. The van der Waals surface area contributed by atoms with Crippen LogP contribution < -0.4 is 0 Å². The minimum absolute atomic E-state index is 0.172. The van der Waals surface area contributed by atoms with Gasteiger partial charge in [0.25, 0.3) is 5.60 Å². The zero-order chi connectivity index (χ0) is 15.9. The molecule has 0 aliphatic heterocycles. The lowest BCUT2D eigenvalue weighted by Crippen LogP contribution is -2.62. The lowest BCUT2D eigenvalue weighted by Gasteiger charge is -2.45. The monoisotopic (exact) mass is 318 g/mol. The highest BCUT2D eigenvalue weighted by molar-refractivity contribution is 5.05. The summed E-state index contributed by atoms with van der Waals surface area (Å²) in [5.74, 6) is -1.30. The molecule has 8 heteroatoms. The van der Waals surface area contributed by atoms with Gasteiger partial charge in [-0.2, -0.15) is 26.3 Å². The van der Waals surface area contributed by atoms with Crippen LogP contribution in [0.1, 0.15) is 38.5 Å². The van der Waals surface area contributed by atoms with Crippen molar-refractivity contribution in [1.29, 1.82) is 0 Å². The fourth-order valence-corrected chi connectivity index (χ4v) is 2.90. The summed E-state index contributed by atoms with van der Waals surface area (Å²) in [4.78, 5) is 0. The largest absolute Gasteiger partial charge is 0.659 e. The van der Waals surface area contributed by atoms with Gasteiger partial charge in [0.05, 0.1) is 0 Å². The first kappa shape index (κ1) is 16.9. The molecule has 0 unspecified atom stereocenters. The second kappa shape index (κ2) is 5.61. The summed E-state index contributed by atoms with van der Waals surface area (Å²) in [5.41, 5.74) is -4.61. The summed E-state index contributed by atoms with van der Waals surface area (Å²) in [6, 6.07) is -0.174. The van der Waals surface area contributed by atoms with Crippen molar-refractivity contribution in [2.45, 2.75) is 62.5 Å². The molecule has 0 amide bonds. The van der Waals surface area contributed by atoms with Crippen LogP contribution in [0.2, 0.25) is 0 Å². The lowest BCUT2D eigenvalue weighted by atomic mass is 9.74. The Morgan fingerprint density at radius 2 is 1.29 bits per heavy atom. The topological polar surface area (TPSA) is 34.3 Å². The fraction of sp³-hybridized carbons (Fsp3) is 1.00. The van der Waals surface area contributed by atoms with Crippen LogP contribution in [0.15, 0.2) is 0 Å². The van der Waals surface area contributed by atoms with E-state index in [2.05, 4.69) is 5.32 Å². The van der Waals surface area contributed by atoms with Crippen molar-refractivity contribution in [1.82, 2.24) is 0 Å². The van der Waals surface area contributed by atoms with Crippen LogP contribution in [0.4, 0.5) is 26.3 Å². The van der Waals surface area contributed by atoms with Crippen LogP contribution in [0.25, 0.3) is 5.32 Å². The highest BCUT2D eigenvalue weighted by Crippen LogP contribution is 2.52. The number of halogens is 6. The van der Waals surface area contributed by atoms with Crippen molar-refractivity contribution >= 4 is 0 Å². The summed E-state index contributed by atoms with van der Waals surface area (Å²) < 4.78 is 76.5. The van der Waals surface area contributed by atoms with Gasteiger partial charge in [0.2, 0.25) is 0 Å². The van der Waals surface area contributed by atoms with Crippen molar-refractivity contribution in [2.24, 2.45) is 11.8 Å². The van der Waals surface area contributed by atoms with Gasteiger partial charge in [-0.3, -0.25) is 0 Å². The van der Waals surface area contributed by atoms with Crippen molar-refractivity contribution in [3.8, 4) is 0 Å². The van der Waals surface area contributed by atoms with E-state index in [-0.39, 0.29) is 31.7 Å². The molecular formula is C13H18F6NO-. The summed E-state index contributed by atoms with van der Waals surface area (Å²) in [6.45, 7) is 0.651. The Hall–Kier alpha value is -0.500. The summed E-state index contributed by atoms with van der Waals surface area (Å²) >= 11 is 0. The summed E-state index contributed by atoms with van der Waals surface area (Å²) in [6.07, 6.45) is -9.51. The Balaban J connectivity index is 1.97. The van der Waals surface area contributed by atoms with Gasteiger partial charge in [-0.25, -0.2) is 0 Å². The molecule has 2 saturated carbocycles. The zero-order valence-electron chi connectivity index (χ0n) is 11.3. The van der Waals surface area contributed by atoms with Crippen LogP contribution in [0.5, 0.6) is 0 Å². The predicted molar refractivity (Wildman–Crippen MR) is 63.8 cm³/mol. The minimum atomic E-state index is -5.71. The predicted octanol–water partition coefficient (Wildman–Crippen LogP) is 4.18. The fourth-order valence-electron chi connectivity index (χ4n) is 2.90. The van der Waals surface area contributed by atoms with E-state index in [0.717, 1.165) is 12.8 Å². The molecule has 0 bridgehead atoms. The molecule has 0 heterocycles. The van der Waals surface area contributed by atoms with E-state index in [9.17, 15) is 31.4 Å². The van der Waals surface area contributed by atoms with Crippen molar-refractivity contribution < 1.29 is 31.4 Å². The van der Waals surface area contributed by atoms with Crippen LogP contribution in [0.3, 0.4) is 0 Å². The smallest absolute Gasteiger partial charge is 0.426 e. The Labute approximate surface area is 118 Å². The molecular weight excluding hydrogens is 300 g/mol. The average Bonchev–Trinajstić information content (AvgIpc) is 3.17. The maximum absolute atomic E-state index is 12.8. The van der Waals surface area contributed by atoms with E-state index < -0.39 is 23.9 Å². The molecule has 2 aliphatic carbocycles. The Morgan fingerprint density at radius 1 is 0.810 bits per heavy atom. The third-order valence-electron chi connectivity index (χ3n) is 4.47. The number of hydrogen-bond acceptors (Lipinski definition) is 1. The number of rotatable bonds is 4. The Kier molecular flexibility index (Phi) is 4.50. The number of aliphatic hydroxyl groups is 1. The molecule has 2 aliphatic rings. The molecule has 0 aromatic heterocycles. The highest BCUT2D eigenvalue weighted by Gasteiger charge is 2.73. The van der Waals surface area contributed by atoms with E-state index in [0.29, 0.717) is 12.5 Å². The van der Waals surface area contributed by atoms with E-state index in [4.69, 9.17) is 0 Å². The van der Waals surface area contributed by atoms with Gasteiger partial charge in [0.15, 0.2) is 0 Å². The molecule has 0 radical (unpaired) electrons. The van der Waals surface area contributed by atoms with E-state index in [1.807, 2.05) is 0 Å². The third-order valence-corrected chi connectivity index (χ3v) is 4.47. The SMILES string of the molecule is OC(C1CCC([N-]CC2CC2)CC1)(C(F)(F)F)C(F)(F)F. The van der Waals surface area contributed by atoms with Crippen LogP contribution in [-0.2, 0) is 0 Å². The summed E-state index contributed by atoms with van der Waals surface area (Å²) in [7, 11) is 0. The normalized spacial score (nSPS) is 28.7. The first-order valence-corrected chi connectivity index (χ1v) is 7.08. The van der Waals surface area contributed by atoms with Crippen molar-refractivity contribution in [3.63, 3.8) is 0 Å². The molecule has 124 valence electrons.